The van der Waals surface area contributed by atoms with Gasteiger partial charge in [-0.1, -0.05) is 12.8 Å². The summed E-state index contributed by atoms with van der Waals surface area (Å²) in [6, 6.07) is 0. The van der Waals surface area contributed by atoms with E-state index in [1.165, 1.54) is 6.26 Å². The van der Waals surface area contributed by atoms with E-state index in [1.54, 1.807) is 0 Å². The van der Waals surface area contributed by atoms with Gasteiger partial charge in [-0.3, -0.25) is 0 Å². The van der Waals surface area contributed by atoms with E-state index in [0.717, 1.165) is 25.7 Å². The number of aliphatic hydroxyl groups excluding tert-OH is 1. The number of likely N-dealkylation sites (N-methyl/N-ethyl adjacent to an activating group) is 1. The van der Waals surface area contributed by atoms with Crippen LogP contribution in [0.15, 0.2) is 0 Å². The van der Waals surface area contributed by atoms with Gasteiger partial charge in [-0.2, -0.15) is 0 Å². The van der Waals surface area contributed by atoms with Gasteiger partial charge < -0.3 is 10.0 Å². The molecule has 0 saturated heterocycles. The lowest BCUT2D eigenvalue weighted by atomic mass is 9.86. The van der Waals surface area contributed by atoms with Crippen LogP contribution >= 0.6 is 0 Å². The highest BCUT2D eigenvalue weighted by atomic mass is 32.2. The van der Waals surface area contributed by atoms with Crippen LogP contribution in [0.5, 0.6) is 0 Å². The van der Waals surface area contributed by atoms with Gasteiger partial charge >= 0.3 is 0 Å². The molecule has 1 aliphatic rings. The summed E-state index contributed by atoms with van der Waals surface area (Å²) >= 11 is 0. The fourth-order valence-corrected chi connectivity index (χ4v) is 3.56. The normalized spacial score (nSPS) is 21.9. The van der Waals surface area contributed by atoms with E-state index >= 15 is 0 Å². The Kier molecular flexibility index (Phi) is 4.98. The van der Waals surface area contributed by atoms with Crippen LogP contribution in [0.2, 0.25) is 0 Å². The SMILES string of the molecule is CN(C)C1(C(O)CCCS(C)(=O)=O)CCCC1. The molecule has 0 bridgehead atoms. The average molecular weight is 263 g/mol. The second kappa shape index (κ2) is 5.67. The molecule has 102 valence electrons. The third kappa shape index (κ3) is 3.93. The Balaban J connectivity index is 2.52. The van der Waals surface area contributed by atoms with Gasteiger partial charge in [0.1, 0.15) is 9.84 Å². The molecule has 0 aliphatic heterocycles. The van der Waals surface area contributed by atoms with Gasteiger partial charge in [0.05, 0.1) is 6.10 Å². The second-order valence-electron chi connectivity index (χ2n) is 5.49. The van der Waals surface area contributed by atoms with Gasteiger partial charge in [0, 0.05) is 17.5 Å². The molecule has 1 rings (SSSR count). The highest BCUT2D eigenvalue weighted by molar-refractivity contribution is 7.90. The summed E-state index contributed by atoms with van der Waals surface area (Å²) in [4.78, 5) is 2.12. The summed E-state index contributed by atoms with van der Waals surface area (Å²) in [6.45, 7) is 0. The van der Waals surface area contributed by atoms with Crippen molar-refractivity contribution in [2.45, 2.75) is 50.2 Å². The first-order valence-electron chi connectivity index (χ1n) is 6.31. The topological polar surface area (TPSA) is 57.6 Å². The molecule has 0 radical (unpaired) electrons. The molecule has 0 aromatic carbocycles. The number of rotatable bonds is 6. The van der Waals surface area contributed by atoms with Crippen molar-refractivity contribution >= 4 is 9.84 Å². The van der Waals surface area contributed by atoms with Crippen LogP contribution < -0.4 is 0 Å². The zero-order valence-electron chi connectivity index (χ0n) is 11.1. The number of hydrogen-bond acceptors (Lipinski definition) is 4. The van der Waals surface area contributed by atoms with Crippen molar-refractivity contribution in [2.75, 3.05) is 26.1 Å². The number of hydrogen-bond donors (Lipinski definition) is 1. The molecule has 0 aromatic rings. The molecule has 1 atom stereocenters. The first-order chi connectivity index (χ1) is 7.78. The van der Waals surface area contributed by atoms with Gasteiger partial charge in [0.25, 0.3) is 0 Å². The Morgan fingerprint density at radius 1 is 1.29 bits per heavy atom. The highest BCUT2D eigenvalue weighted by Gasteiger charge is 2.41. The lowest BCUT2D eigenvalue weighted by Gasteiger charge is -2.40. The van der Waals surface area contributed by atoms with Gasteiger partial charge in [-0.05, 0) is 39.8 Å². The molecule has 1 saturated carbocycles. The summed E-state index contributed by atoms with van der Waals surface area (Å²) in [5.74, 6) is 0.174. The van der Waals surface area contributed by atoms with Crippen molar-refractivity contribution in [3.05, 3.63) is 0 Å². The molecular weight excluding hydrogens is 238 g/mol. The van der Waals surface area contributed by atoms with Gasteiger partial charge in [0.15, 0.2) is 0 Å². The lowest BCUT2D eigenvalue weighted by molar-refractivity contribution is -0.00799. The first kappa shape index (κ1) is 14.9. The Hall–Kier alpha value is -0.130. The minimum absolute atomic E-state index is 0.127. The van der Waals surface area contributed by atoms with Crippen molar-refractivity contribution in [1.29, 1.82) is 0 Å². The van der Waals surface area contributed by atoms with Crippen LogP contribution in [-0.2, 0) is 9.84 Å². The average Bonchev–Trinajstić information content (AvgIpc) is 2.64. The van der Waals surface area contributed by atoms with E-state index in [9.17, 15) is 13.5 Å². The fourth-order valence-electron chi connectivity index (χ4n) is 2.87. The zero-order chi connectivity index (χ0) is 13.1. The largest absolute Gasteiger partial charge is 0.391 e. The highest BCUT2D eigenvalue weighted by Crippen LogP contribution is 2.38. The summed E-state index contributed by atoms with van der Waals surface area (Å²) in [6.07, 6.45) is 6.29. The molecular formula is C12H25NO3S. The maximum Gasteiger partial charge on any atom is 0.147 e. The van der Waals surface area contributed by atoms with E-state index in [4.69, 9.17) is 0 Å². The second-order valence-corrected chi connectivity index (χ2v) is 7.75. The predicted molar refractivity (Wildman–Crippen MR) is 69.8 cm³/mol. The van der Waals surface area contributed by atoms with E-state index in [1.807, 2.05) is 14.1 Å². The maximum absolute atomic E-state index is 11.1. The molecule has 0 spiro atoms. The standard InChI is InChI=1S/C12H25NO3S/c1-13(2)12(8-4-5-9-12)11(14)7-6-10-17(3,15)16/h11,14H,4-10H2,1-3H3. The van der Waals surface area contributed by atoms with Gasteiger partial charge in [0.2, 0.25) is 0 Å². The summed E-state index contributed by atoms with van der Waals surface area (Å²) < 4.78 is 22.1. The Labute approximate surface area is 105 Å². The van der Waals surface area contributed by atoms with Crippen LogP contribution in [0.3, 0.4) is 0 Å². The summed E-state index contributed by atoms with van der Waals surface area (Å²) in [7, 11) is 1.10. The van der Waals surface area contributed by atoms with Crippen LogP contribution in [-0.4, -0.2) is 56.2 Å². The first-order valence-corrected chi connectivity index (χ1v) is 8.37. The molecule has 1 N–H and O–H groups in total. The van der Waals surface area contributed by atoms with Crippen LogP contribution in [0.4, 0.5) is 0 Å². The molecule has 0 amide bonds. The minimum atomic E-state index is -2.91. The quantitative estimate of drug-likeness (QED) is 0.778. The van der Waals surface area contributed by atoms with E-state index in [-0.39, 0.29) is 11.3 Å². The van der Waals surface area contributed by atoms with Crippen molar-refractivity contribution in [1.82, 2.24) is 4.90 Å². The smallest absolute Gasteiger partial charge is 0.147 e. The summed E-state index contributed by atoms with van der Waals surface area (Å²) in [5.41, 5.74) is -0.127. The Morgan fingerprint density at radius 3 is 2.24 bits per heavy atom. The third-order valence-corrected chi connectivity index (χ3v) is 5.00. The van der Waals surface area contributed by atoms with Crippen LogP contribution in [0.25, 0.3) is 0 Å². The number of nitrogens with zero attached hydrogens (tertiary/aromatic N) is 1. The van der Waals surface area contributed by atoms with E-state index in [2.05, 4.69) is 4.90 Å². The molecule has 0 heterocycles. The van der Waals surface area contributed by atoms with Crippen LogP contribution in [0.1, 0.15) is 38.5 Å². The number of sulfone groups is 1. The molecule has 17 heavy (non-hydrogen) atoms. The molecule has 4 nitrogen and oxygen atoms in total. The molecule has 1 fully saturated rings. The van der Waals surface area contributed by atoms with Gasteiger partial charge in [-0.15, -0.1) is 0 Å². The van der Waals surface area contributed by atoms with Crippen molar-refractivity contribution < 1.29 is 13.5 Å². The molecule has 1 unspecified atom stereocenters. The number of aliphatic hydroxyl groups is 1. The van der Waals surface area contributed by atoms with E-state index in [0.29, 0.717) is 12.8 Å². The van der Waals surface area contributed by atoms with Crippen molar-refractivity contribution in [3.63, 3.8) is 0 Å². The minimum Gasteiger partial charge on any atom is -0.391 e. The monoisotopic (exact) mass is 263 g/mol. The van der Waals surface area contributed by atoms with E-state index < -0.39 is 15.9 Å². The molecule has 0 aromatic heterocycles. The van der Waals surface area contributed by atoms with Crippen LogP contribution in [0, 0.1) is 0 Å². The maximum atomic E-state index is 11.1. The Morgan fingerprint density at radius 2 is 1.82 bits per heavy atom. The van der Waals surface area contributed by atoms with Gasteiger partial charge in [-0.25, -0.2) is 8.42 Å². The third-order valence-electron chi connectivity index (χ3n) is 3.97. The predicted octanol–water partition coefficient (Wildman–Crippen LogP) is 1.05. The lowest BCUT2D eigenvalue weighted by Crippen LogP contribution is -2.51. The van der Waals surface area contributed by atoms with Crippen molar-refractivity contribution in [2.24, 2.45) is 0 Å². The molecule has 1 aliphatic carbocycles. The fraction of sp³-hybridized carbons (Fsp3) is 1.00. The Bertz CT molecular complexity index is 332. The summed E-state index contributed by atoms with van der Waals surface area (Å²) in [5, 5.41) is 10.3. The molecule has 5 heteroatoms. The van der Waals surface area contributed by atoms with Crippen molar-refractivity contribution in [3.8, 4) is 0 Å². The zero-order valence-corrected chi connectivity index (χ0v) is 12.0.